The van der Waals surface area contributed by atoms with Gasteiger partial charge in [-0.05, 0) is 31.9 Å². The van der Waals surface area contributed by atoms with Crippen LogP contribution in [0.4, 0.5) is 5.69 Å². The predicted molar refractivity (Wildman–Crippen MR) is 98.6 cm³/mol. The second-order valence-electron chi connectivity index (χ2n) is 6.56. The average molecular weight is 356 g/mol. The van der Waals surface area contributed by atoms with Gasteiger partial charge in [-0.3, -0.25) is 14.3 Å². The van der Waals surface area contributed by atoms with Crippen LogP contribution in [0.5, 0.6) is 5.75 Å². The van der Waals surface area contributed by atoms with E-state index < -0.39 is 5.91 Å². The van der Waals surface area contributed by atoms with Crippen molar-refractivity contribution in [1.29, 1.82) is 0 Å². The third-order valence-corrected chi connectivity index (χ3v) is 4.83. The molecule has 138 valence electrons. The Morgan fingerprint density at radius 1 is 1.23 bits per heavy atom. The van der Waals surface area contributed by atoms with E-state index in [-0.39, 0.29) is 17.6 Å². The summed E-state index contributed by atoms with van der Waals surface area (Å²) < 4.78 is 6.94. The standard InChI is InChI=1S/C19H24N4O3/c1-12-16(21-19(25)14-10-6-7-11-15(14)26-2)17(18(20)24)23(22-12)13-8-4-3-5-9-13/h6-7,10-11,13H,3-5,8-9H2,1-2H3,(H2,20,24)(H,21,25). The molecule has 1 heterocycles. The molecule has 0 radical (unpaired) electrons. The zero-order valence-corrected chi connectivity index (χ0v) is 15.1. The Bertz CT molecular complexity index is 822. The molecule has 2 amide bonds. The third-order valence-electron chi connectivity index (χ3n) is 4.83. The zero-order chi connectivity index (χ0) is 18.7. The zero-order valence-electron chi connectivity index (χ0n) is 15.1. The van der Waals surface area contributed by atoms with Crippen molar-refractivity contribution in [3.63, 3.8) is 0 Å². The van der Waals surface area contributed by atoms with E-state index in [1.165, 1.54) is 13.5 Å². The monoisotopic (exact) mass is 356 g/mol. The van der Waals surface area contributed by atoms with E-state index >= 15 is 0 Å². The lowest BCUT2D eigenvalue weighted by atomic mass is 9.95. The highest BCUT2D eigenvalue weighted by Crippen LogP contribution is 2.32. The molecule has 7 heteroatoms. The van der Waals surface area contributed by atoms with Gasteiger partial charge in [-0.15, -0.1) is 0 Å². The van der Waals surface area contributed by atoms with Gasteiger partial charge in [-0.2, -0.15) is 5.10 Å². The van der Waals surface area contributed by atoms with Gasteiger partial charge in [-0.25, -0.2) is 0 Å². The van der Waals surface area contributed by atoms with E-state index in [4.69, 9.17) is 10.5 Å². The maximum Gasteiger partial charge on any atom is 0.269 e. The summed E-state index contributed by atoms with van der Waals surface area (Å²) in [7, 11) is 1.51. The molecular formula is C19H24N4O3. The highest BCUT2D eigenvalue weighted by Gasteiger charge is 2.27. The van der Waals surface area contributed by atoms with Gasteiger partial charge in [0.25, 0.3) is 11.8 Å². The van der Waals surface area contributed by atoms with Gasteiger partial charge >= 0.3 is 0 Å². The number of hydrogen-bond acceptors (Lipinski definition) is 4. The first-order chi connectivity index (χ1) is 12.5. The molecule has 0 aliphatic heterocycles. The van der Waals surface area contributed by atoms with Gasteiger partial charge in [0.2, 0.25) is 0 Å². The van der Waals surface area contributed by atoms with Crippen LogP contribution in [0, 0.1) is 6.92 Å². The van der Waals surface area contributed by atoms with Gasteiger partial charge in [-0.1, -0.05) is 31.4 Å². The first kappa shape index (κ1) is 18.0. The molecule has 0 spiro atoms. The molecule has 0 saturated heterocycles. The molecule has 7 nitrogen and oxygen atoms in total. The average Bonchev–Trinajstić information content (AvgIpc) is 2.99. The smallest absolute Gasteiger partial charge is 0.269 e. The van der Waals surface area contributed by atoms with Crippen molar-refractivity contribution in [1.82, 2.24) is 9.78 Å². The molecule has 0 bridgehead atoms. The van der Waals surface area contributed by atoms with Crippen molar-refractivity contribution in [3.05, 3.63) is 41.2 Å². The van der Waals surface area contributed by atoms with Crippen LogP contribution in [-0.4, -0.2) is 28.7 Å². The predicted octanol–water partition coefficient (Wildman–Crippen LogP) is 3.06. The van der Waals surface area contributed by atoms with Crippen LogP contribution in [0.2, 0.25) is 0 Å². The lowest BCUT2D eigenvalue weighted by Crippen LogP contribution is -2.24. The third kappa shape index (κ3) is 3.42. The lowest BCUT2D eigenvalue weighted by molar-refractivity contribution is 0.0986. The summed E-state index contributed by atoms with van der Waals surface area (Å²) in [6.45, 7) is 1.77. The fourth-order valence-electron chi connectivity index (χ4n) is 3.54. The van der Waals surface area contributed by atoms with Gasteiger partial charge in [0.05, 0.1) is 30.1 Å². The Hall–Kier alpha value is -2.83. The highest BCUT2D eigenvalue weighted by molar-refractivity contribution is 6.09. The number of anilines is 1. The number of carbonyl (C=O) groups excluding carboxylic acids is 2. The lowest BCUT2D eigenvalue weighted by Gasteiger charge is -2.23. The van der Waals surface area contributed by atoms with Gasteiger partial charge in [0, 0.05) is 0 Å². The van der Waals surface area contributed by atoms with Gasteiger partial charge < -0.3 is 15.8 Å². The maximum absolute atomic E-state index is 12.7. The van der Waals surface area contributed by atoms with E-state index in [0.717, 1.165) is 25.7 Å². The first-order valence-electron chi connectivity index (χ1n) is 8.86. The number of primary amides is 1. The highest BCUT2D eigenvalue weighted by atomic mass is 16.5. The number of nitrogens with two attached hydrogens (primary N) is 1. The molecular weight excluding hydrogens is 332 g/mol. The first-order valence-corrected chi connectivity index (χ1v) is 8.86. The van der Waals surface area contributed by atoms with E-state index in [1.807, 2.05) is 0 Å². The van der Waals surface area contributed by atoms with E-state index in [2.05, 4.69) is 10.4 Å². The van der Waals surface area contributed by atoms with Crippen LogP contribution >= 0.6 is 0 Å². The number of hydrogen-bond donors (Lipinski definition) is 2. The summed E-state index contributed by atoms with van der Waals surface area (Å²) in [4.78, 5) is 24.9. The number of carbonyl (C=O) groups is 2. The number of para-hydroxylation sites is 1. The molecule has 1 aliphatic carbocycles. The molecule has 0 unspecified atom stereocenters. The summed E-state index contributed by atoms with van der Waals surface area (Å²) >= 11 is 0. The fourth-order valence-corrected chi connectivity index (χ4v) is 3.54. The minimum Gasteiger partial charge on any atom is -0.496 e. The van der Waals surface area contributed by atoms with Gasteiger partial charge in [0.1, 0.15) is 11.4 Å². The Morgan fingerprint density at radius 3 is 2.58 bits per heavy atom. The number of nitrogens with zero attached hydrogens (tertiary/aromatic N) is 2. The number of benzene rings is 1. The number of amides is 2. The van der Waals surface area contributed by atoms with Crippen molar-refractivity contribution in [3.8, 4) is 5.75 Å². The fraction of sp³-hybridized carbons (Fsp3) is 0.421. The molecule has 1 aliphatic rings. The molecule has 3 N–H and O–H groups in total. The molecule has 1 saturated carbocycles. The Labute approximate surface area is 152 Å². The van der Waals surface area contributed by atoms with Crippen LogP contribution in [0.15, 0.2) is 24.3 Å². The SMILES string of the molecule is COc1ccccc1C(=O)Nc1c(C)nn(C2CCCCC2)c1C(N)=O. The minimum atomic E-state index is -0.591. The molecule has 3 rings (SSSR count). The summed E-state index contributed by atoms with van der Waals surface area (Å²) in [5, 5.41) is 7.32. The summed E-state index contributed by atoms with van der Waals surface area (Å²) in [5.41, 5.74) is 7.23. The number of nitrogens with one attached hydrogen (secondary N) is 1. The molecule has 2 aromatic rings. The Morgan fingerprint density at radius 2 is 1.92 bits per heavy atom. The normalized spacial score (nSPS) is 14.8. The van der Waals surface area contributed by atoms with Crippen LogP contribution in [-0.2, 0) is 0 Å². The Kier molecular flexibility index (Phi) is 5.25. The number of aromatic nitrogens is 2. The molecule has 0 atom stereocenters. The van der Waals surface area contributed by atoms with Crippen LogP contribution < -0.4 is 15.8 Å². The second kappa shape index (κ2) is 7.59. The van der Waals surface area contributed by atoms with Crippen molar-refractivity contribution in [2.75, 3.05) is 12.4 Å². The van der Waals surface area contributed by atoms with Crippen molar-refractivity contribution >= 4 is 17.5 Å². The largest absolute Gasteiger partial charge is 0.496 e. The molecule has 1 fully saturated rings. The van der Waals surface area contributed by atoms with Crippen molar-refractivity contribution < 1.29 is 14.3 Å². The quantitative estimate of drug-likeness (QED) is 0.860. The molecule has 26 heavy (non-hydrogen) atoms. The van der Waals surface area contributed by atoms with Gasteiger partial charge in [0.15, 0.2) is 0 Å². The molecule has 1 aromatic carbocycles. The van der Waals surface area contributed by atoms with E-state index in [0.29, 0.717) is 22.7 Å². The summed E-state index contributed by atoms with van der Waals surface area (Å²) in [6, 6.07) is 7.06. The summed E-state index contributed by atoms with van der Waals surface area (Å²) in [5.74, 6) is -0.495. The van der Waals surface area contributed by atoms with E-state index in [1.54, 1.807) is 35.9 Å². The maximum atomic E-state index is 12.7. The van der Waals surface area contributed by atoms with Crippen molar-refractivity contribution in [2.45, 2.75) is 45.1 Å². The number of rotatable bonds is 5. The summed E-state index contributed by atoms with van der Waals surface area (Å²) in [6.07, 6.45) is 5.32. The minimum absolute atomic E-state index is 0.141. The second-order valence-corrected chi connectivity index (χ2v) is 6.56. The van der Waals surface area contributed by atoms with Crippen LogP contribution in [0.25, 0.3) is 0 Å². The Balaban J connectivity index is 1.95. The van der Waals surface area contributed by atoms with Crippen LogP contribution in [0.1, 0.15) is 64.7 Å². The number of aryl methyl sites for hydroxylation is 1. The topological polar surface area (TPSA) is 99.2 Å². The van der Waals surface area contributed by atoms with E-state index in [9.17, 15) is 9.59 Å². The number of methoxy groups -OCH3 is 1. The number of ether oxygens (including phenoxy) is 1. The van der Waals surface area contributed by atoms with Crippen LogP contribution in [0.3, 0.4) is 0 Å². The van der Waals surface area contributed by atoms with Crippen molar-refractivity contribution in [2.24, 2.45) is 5.73 Å². The molecule has 1 aromatic heterocycles.